The minimum atomic E-state index is -3.93. The molecule has 0 aliphatic carbocycles. The van der Waals surface area contributed by atoms with Crippen LogP contribution in [0.5, 0.6) is 0 Å². The van der Waals surface area contributed by atoms with E-state index >= 15 is 0 Å². The molecule has 0 fully saturated rings. The van der Waals surface area contributed by atoms with Crippen LogP contribution in [0.2, 0.25) is 0 Å². The summed E-state index contributed by atoms with van der Waals surface area (Å²) in [4.78, 5) is 11.8. The van der Waals surface area contributed by atoms with Gasteiger partial charge in [-0.15, -0.1) is 0 Å². The fraction of sp³-hybridized carbons (Fsp3) is 0.235. The third kappa shape index (κ3) is 4.18. The van der Waals surface area contributed by atoms with E-state index in [1.54, 1.807) is 18.2 Å². The van der Waals surface area contributed by atoms with E-state index in [2.05, 4.69) is 5.32 Å². The molecule has 0 aliphatic rings. The quantitative estimate of drug-likeness (QED) is 0.867. The van der Waals surface area contributed by atoms with E-state index in [4.69, 9.17) is 0 Å². The van der Waals surface area contributed by atoms with Gasteiger partial charge in [-0.2, -0.15) is 4.31 Å². The van der Waals surface area contributed by atoms with Gasteiger partial charge >= 0.3 is 0 Å². The van der Waals surface area contributed by atoms with E-state index in [0.717, 1.165) is 9.87 Å². The maximum Gasteiger partial charge on any atom is 0.243 e. The van der Waals surface area contributed by atoms with Crippen molar-refractivity contribution in [1.29, 1.82) is 0 Å². The van der Waals surface area contributed by atoms with Gasteiger partial charge in [-0.05, 0) is 25.1 Å². The summed E-state index contributed by atoms with van der Waals surface area (Å²) >= 11 is 0. The zero-order valence-corrected chi connectivity index (χ0v) is 14.3. The number of carbonyl (C=O) groups excluding carboxylic acids is 1. The lowest BCUT2D eigenvalue weighted by molar-refractivity contribution is -0.120. The second kappa shape index (κ2) is 7.55. The Morgan fingerprint density at radius 1 is 1.12 bits per heavy atom. The van der Waals surface area contributed by atoms with Crippen LogP contribution < -0.4 is 5.32 Å². The van der Waals surface area contributed by atoms with Crippen LogP contribution in [0.3, 0.4) is 0 Å². The largest absolute Gasteiger partial charge is 0.358 e. The Kier molecular flexibility index (Phi) is 5.69. The summed E-state index contributed by atoms with van der Waals surface area (Å²) in [6, 6.07) is 12.2. The zero-order chi connectivity index (χ0) is 17.7. The van der Waals surface area contributed by atoms with E-state index in [-0.39, 0.29) is 23.5 Å². The molecule has 0 aliphatic heterocycles. The maximum absolute atomic E-state index is 13.9. The van der Waals surface area contributed by atoms with Gasteiger partial charge in [0.25, 0.3) is 0 Å². The summed E-state index contributed by atoms with van der Waals surface area (Å²) in [5.41, 5.74) is 1.12. The molecule has 128 valence electrons. The van der Waals surface area contributed by atoms with Crippen molar-refractivity contribution >= 4 is 15.9 Å². The summed E-state index contributed by atoms with van der Waals surface area (Å²) in [6.45, 7) is 1.23. The standard InChI is InChI=1S/C17H19FN2O3S/c1-13-7-9-15(10-8-13)24(22,23)20(12-17(21)19-2)11-14-5-3-4-6-16(14)18/h3-10H,11-12H2,1-2H3,(H,19,21). The van der Waals surface area contributed by atoms with Crippen LogP contribution in [-0.2, 0) is 21.4 Å². The molecule has 0 bridgehead atoms. The number of likely N-dealkylation sites (N-methyl/N-ethyl adjacent to an activating group) is 1. The average molecular weight is 350 g/mol. The molecule has 0 spiro atoms. The zero-order valence-electron chi connectivity index (χ0n) is 13.5. The lowest BCUT2D eigenvalue weighted by Crippen LogP contribution is -2.39. The Morgan fingerprint density at radius 2 is 1.75 bits per heavy atom. The molecule has 1 N–H and O–H groups in total. The molecule has 1 amide bonds. The van der Waals surface area contributed by atoms with Crippen molar-refractivity contribution in [3.63, 3.8) is 0 Å². The molecule has 0 atom stereocenters. The molecule has 2 aromatic rings. The van der Waals surface area contributed by atoms with Crippen LogP contribution in [0, 0.1) is 12.7 Å². The minimum absolute atomic E-state index is 0.0633. The van der Waals surface area contributed by atoms with Gasteiger partial charge in [0.2, 0.25) is 15.9 Å². The van der Waals surface area contributed by atoms with E-state index in [1.807, 2.05) is 6.92 Å². The van der Waals surface area contributed by atoms with E-state index in [1.165, 1.54) is 37.4 Å². The van der Waals surface area contributed by atoms with Gasteiger partial charge in [-0.3, -0.25) is 4.79 Å². The molecule has 7 heteroatoms. The predicted octanol–water partition coefficient (Wildman–Crippen LogP) is 2.07. The number of hydrogen-bond acceptors (Lipinski definition) is 3. The number of hydrogen-bond donors (Lipinski definition) is 1. The third-order valence-electron chi connectivity index (χ3n) is 3.56. The van der Waals surface area contributed by atoms with Gasteiger partial charge in [-0.25, -0.2) is 12.8 Å². The Hall–Kier alpha value is -2.25. The number of carbonyl (C=O) groups is 1. The van der Waals surface area contributed by atoms with Gasteiger partial charge < -0.3 is 5.32 Å². The van der Waals surface area contributed by atoms with Crippen molar-refractivity contribution in [3.05, 3.63) is 65.5 Å². The lowest BCUT2D eigenvalue weighted by Gasteiger charge is -2.22. The highest BCUT2D eigenvalue weighted by atomic mass is 32.2. The van der Waals surface area contributed by atoms with Crippen molar-refractivity contribution in [2.45, 2.75) is 18.4 Å². The Labute approximate surface area is 141 Å². The monoisotopic (exact) mass is 350 g/mol. The number of aryl methyl sites for hydroxylation is 1. The molecular weight excluding hydrogens is 331 g/mol. The molecule has 5 nitrogen and oxygen atoms in total. The molecule has 0 aromatic heterocycles. The first-order chi connectivity index (χ1) is 11.3. The van der Waals surface area contributed by atoms with Crippen molar-refractivity contribution in [3.8, 4) is 0 Å². The minimum Gasteiger partial charge on any atom is -0.358 e. The highest BCUT2D eigenvalue weighted by molar-refractivity contribution is 7.89. The fourth-order valence-corrected chi connectivity index (χ4v) is 3.52. The number of nitrogens with zero attached hydrogens (tertiary/aromatic N) is 1. The van der Waals surface area contributed by atoms with Gasteiger partial charge in [0.1, 0.15) is 5.82 Å². The summed E-state index contributed by atoms with van der Waals surface area (Å²) in [6.07, 6.45) is 0. The SMILES string of the molecule is CNC(=O)CN(Cc1ccccc1F)S(=O)(=O)c1ccc(C)cc1. The normalized spacial score (nSPS) is 11.5. The summed E-state index contributed by atoms with van der Waals surface area (Å²) < 4.78 is 40.5. The highest BCUT2D eigenvalue weighted by Gasteiger charge is 2.27. The first-order valence-corrected chi connectivity index (χ1v) is 8.79. The van der Waals surface area contributed by atoms with Gasteiger partial charge in [0, 0.05) is 19.2 Å². The second-order valence-corrected chi connectivity index (χ2v) is 7.29. The summed E-state index contributed by atoms with van der Waals surface area (Å²) in [5, 5.41) is 2.39. The first kappa shape index (κ1) is 18.1. The summed E-state index contributed by atoms with van der Waals surface area (Å²) in [5.74, 6) is -0.986. The Balaban J connectivity index is 2.39. The Morgan fingerprint density at radius 3 is 2.33 bits per heavy atom. The number of benzene rings is 2. The number of rotatable bonds is 6. The van der Waals surface area contributed by atoms with Crippen LogP contribution in [0.15, 0.2) is 53.4 Å². The fourth-order valence-electron chi connectivity index (χ4n) is 2.14. The number of halogens is 1. The van der Waals surface area contributed by atoms with Crippen LogP contribution >= 0.6 is 0 Å². The maximum atomic E-state index is 13.9. The van der Waals surface area contributed by atoms with Crippen molar-refractivity contribution < 1.29 is 17.6 Å². The Bertz CT molecular complexity index is 820. The van der Waals surface area contributed by atoms with Gasteiger partial charge in [0.05, 0.1) is 11.4 Å². The molecule has 0 radical (unpaired) electrons. The molecule has 2 aromatic carbocycles. The van der Waals surface area contributed by atoms with Crippen molar-refractivity contribution in [1.82, 2.24) is 9.62 Å². The topological polar surface area (TPSA) is 66.5 Å². The van der Waals surface area contributed by atoms with Crippen molar-refractivity contribution in [2.24, 2.45) is 0 Å². The third-order valence-corrected chi connectivity index (χ3v) is 5.37. The average Bonchev–Trinajstić information content (AvgIpc) is 2.56. The molecule has 0 unspecified atom stereocenters. The molecule has 2 rings (SSSR count). The predicted molar refractivity (Wildman–Crippen MR) is 89.2 cm³/mol. The lowest BCUT2D eigenvalue weighted by atomic mass is 10.2. The van der Waals surface area contributed by atoms with Gasteiger partial charge in [-0.1, -0.05) is 35.9 Å². The van der Waals surface area contributed by atoms with Crippen LogP contribution in [0.25, 0.3) is 0 Å². The molecule has 0 saturated carbocycles. The first-order valence-electron chi connectivity index (χ1n) is 7.35. The van der Waals surface area contributed by atoms with E-state index < -0.39 is 21.7 Å². The number of nitrogens with one attached hydrogen (secondary N) is 1. The molecule has 0 saturated heterocycles. The second-order valence-electron chi connectivity index (χ2n) is 5.35. The molecule has 24 heavy (non-hydrogen) atoms. The van der Waals surface area contributed by atoms with E-state index in [9.17, 15) is 17.6 Å². The van der Waals surface area contributed by atoms with Crippen LogP contribution in [-0.4, -0.2) is 32.2 Å². The van der Waals surface area contributed by atoms with Crippen LogP contribution in [0.4, 0.5) is 4.39 Å². The smallest absolute Gasteiger partial charge is 0.243 e. The molecule has 0 heterocycles. The van der Waals surface area contributed by atoms with Gasteiger partial charge in [0.15, 0.2) is 0 Å². The molecular formula is C17H19FN2O3S. The number of amides is 1. The highest BCUT2D eigenvalue weighted by Crippen LogP contribution is 2.20. The van der Waals surface area contributed by atoms with Crippen molar-refractivity contribution in [2.75, 3.05) is 13.6 Å². The number of sulfonamides is 1. The van der Waals surface area contributed by atoms with Crippen LogP contribution in [0.1, 0.15) is 11.1 Å². The summed E-state index contributed by atoms with van der Waals surface area (Å²) in [7, 11) is -2.51. The van der Waals surface area contributed by atoms with E-state index in [0.29, 0.717) is 0 Å².